The van der Waals surface area contributed by atoms with Crippen LogP contribution in [-0.4, -0.2) is 28.7 Å². The fourth-order valence-electron chi connectivity index (χ4n) is 1.80. The van der Waals surface area contributed by atoms with Gasteiger partial charge in [0.1, 0.15) is 0 Å². The number of rotatable bonds is 6. The molecule has 0 saturated carbocycles. The molecule has 0 aromatic heterocycles. The number of urea groups is 1. The molecular formula is C13H19N3O4. The van der Waals surface area contributed by atoms with Crippen LogP contribution in [0, 0.1) is 16.0 Å². The zero-order chi connectivity index (χ0) is 15.1. The number of hydrogen-bond acceptors (Lipinski definition) is 4. The van der Waals surface area contributed by atoms with E-state index < -0.39 is 11.0 Å². The Bertz CT molecular complexity index is 476. The van der Waals surface area contributed by atoms with Crippen LogP contribution in [0.3, 0.4) is 0 Å². The Morgan fingerprint density at radius 3 is 2.70 bits per heavy atom. The Balaban J connectivity index is 2.61. The van der Waals surface area contributed by atoms with E-state index in [0.29, 0.717) is 18.0 Å². The van der Waals surface area contributed by atoms with Gasteiger partial charge in [0, 0.05) is 17.8 Å². The maximum absolute atomic E-state index is 11.7. The maximum Gasteiger partial charge on any atom is 0.319 e. The Labute approximate surface area is 117 Å². The number of carbonyl (C=O) groups is 1. The molecule has 7 nitrogen and oxygen atoms in total. The lowest BCUT2D eigenvalue weighted by Crippen LogP contribution is -2.40. The van der Waals surface area contributed by atoms with Crippen molar-refractivity contribution in [2.45, 2.75) is 26.3 Å². The summed E-state index contributed by atoms with van der Waals surface area (Å²) >= 11 is 0. The van der Waals surface area contributed by atoms with Gasteiger partial charge in [-0.3, -0.25) is 10.1 Å². The van der Waals surface area contributed by atoms with Crippen molar-refractivity contribution in [1.29, 1.82) is 0 Å². The lowest BCUT2D eigenvalue weighted by molar-refractivity contribution is -0.384. The molecule has 0 heterocycles. The van der Waals surface area contributed by atoms with Crippen molar-refractivity contribution in [2.75, 3.05) is 11.9 Å². The highest BCUT2D eigenvalue weighted by Gasteiger charge is 2.14. The number of nitrogens with zero attached hydrogens (tertiary/aromatic N) is 1. The first-order chi connectivity index (χ1) is 9.42. The van der Waals surface area contributed by atoms with Crippen molar-refractivity contribution in [2.24, 2.45) is 5.92 Å². The van der Waals surface area contributed by atoms with E-state index in [1.165, 1.54) is 18.2 Å². The fraction of sp³-hybridized carbons (Fsp3) is 0.462. The molecule has 0 aliphatic carbocycles. The third-order valence-electron chi connectivity index (χ3n) is 2.63. The standard InChI is InChI=1S/C13H19N3O4/c1-9(2)6-11(8-17)15-13(18)14-10-4-3-5-12(7-10)16(19)20/h3-5,7,9,11,17H,6,8H2,1-2H3,(H2,14,15,18). The monoisotopic (exact) mass is 281 g/mol. The zero-order valence-corrected chi connectivity index (χ0v) is 11.5. The molecular weight excluding hydrogens is 262 g/mol. The molecule has 1 rings (SSSR count). The number of nitro benzene ring substituents is 1. The minimum absolute atomic E-state index is 0.0938. The minimum Gasteiger partial charge on any atom is -0.394 e. The number of amides is 2. The van der Waals surface area contributed by atoms with Crippen LogP contribution in [-0.2, 0) is 0 Å². The molecule has 3 N–H and O–H groups in total. The molecule has 2 amide bonds. The van der Waals surface area contributed by atoms with Crippen LogP contribution in [0.5, 0.6) is 0 Å². The second-order valence-corrected chi connectivity index (χ2v) is 4.91. The summed E-state index contributed by atoms with van der Waals surface area (Å²) in [5.74, 6) is 0.338. The first-order valence-corrected chi connectivity index (χ1v) is 6.35. The van der Waals surface area contributed by atoms with E-state index in [9.17, 15) is 20.0 Å². The van der Waals surface area contributed by atoms with E-state index >= 15 is 0 Å². The number of anilines is 1. The van der Waals surface area contributed by atoms with Gasteiger partial charge in [0.25, 0.3) is 5.69 Å². The van der Waals surface area contributed by atoms with Crippen molar-refractivity contribution in [1.82, 2.24) is 5.32 Å². The molecule has 0 saturated heterocycles. The molecule has 7 heteroatoms. The van der Waals surface area contributed by atoms with Gasteiger partial charge in [0.15, 0.2) is 0 Å². The van der Waals surface area contributed by atoms with Gasteiger partial charge in [-0.15, -0.1) is 0 Å². The molecule has 1 aromatic rings. The number of aliphatic hydroxyl groups is 1. The quantitative estimate of drug-likeness (QED) is 0.548. The van der Waals surface area contributed by atoms with E-state index in [4.69, 9.17) is 0 Å². The van der Waals surface area contributed by atoms with E-state index in [1.807, 2.05) is 13.8 Å². The summed E-state index contributed by atoms with van der Waals surface area (Å²) in [5, 5.41) is 24.9. The maximum atomic E-state index is 11.7. The first-order valence-electron chi connectivity index (χ1n) is 6.35. The van der Waals surface area contributed by atoms with Crippen LogP contribution in [0.15, 0.2) is 24.3 Å². The lowest BCUT2D eigenvalue weighted by Gasteiger charge is -2.18. The van der Waals surface area contributed by atoms with Gasteiger partial charge in [0.05, 0.1) is 17.6 Å². The summed E-state index contributed by atoms with van der Waals surface area (Å²) in [7, 11) is 0. The summed E-state index contributed by atoms with van der Waals surface area (Å²) in [6, 6.07) is 4.84. The number of aliphatic hydroxyl groups excluding tert-OH is 1. The largest absolute Gasteiger partial charge is 0.394 e. The Hall–Kier alpha value is -2.15. The molecule has 110 valence electrons. The Kier molecular flexibility index (Phi) is 5.92. The molecule has 1 atom stereocenters. The van der Waals surface area contributed by atoms with Gasteiger partial charge < -0.3 is 15.7 Å². The van der Waals surface area contributed by atoms with Crippen LogP contribution in [0.1, 0.15) is 20.3 Å². The number of nitro groups is 1. The summed E-state index contributed by atoms with van der Waals surface area (Å²) in [4.78, 5) is 21.8. The average Bonchev–Trinajstić information content (AvgIpc) is 2.37. The van der Waals surface area contributed by atoms with Crippen molar-refractivity contribution < 1.29 is 14.8 Å². The highest BCUT2D eigenvalue weighted by atomic mass is 16.6. The SMILES string of the molecule is CC(C)CC(CO)NC(=O)Nc1cccc([N+](=O)[O-])c1. The van der Waals surface area contributed by atoms with Gasteiger partial charge in [-0.25, -0.2) is 4.79 Å². The van der Waals surface area contributed by atoms with Crippen LogP contribution in [0.4, 0.5) is 16.2 Å². The lowest BCUT2D eigenvalue weighted by atomic mass is 10.0. The predicted molar refractivity (Wildman–Crippen MR) is 75.6 cm³/mol. The van der Waals surface area contributed by atoms with Gasteiger partial charge in [-0.05, 0) is 18.4 Å². The number of nitrogens with one attached hydrogen (secondary N) is 2. The van der Waals surface area contributed by atoms with E-state index in [-0.39, 0.29) is 18.3 Å². The molecule has 0 radical (unpaired) electrons. The molecule has 0 aliphatic rings. The number of hydrogen-bond donors (Lipinski definition) is 3. The van der Waals surface area contributed by atoms with Gasteiger partial charge in [-0.1, -0.05) is 19.9 Å². The van der Waals surface area contributed by atoms with Crippen LogP contribution in [0.25, 0.3) is 0 Å². The number of carbonyl (C=O) groups excluding carboxylic acids is 1. The summed E-state index contributed by atoms with van der Waals surface area (Å²) in [5.41, 5.74) is 0.238. The zero-order valence-electron chi connectivity index (χ0n) is 11.5. The normalized spacial score (nSPS) is 12.0. The third kappa shape index (κ3) is 5.23. The van der Waals surface area contributed by atoms with Crippen molar-refractivity contribution in [3.8, 4) is 0 Å². The van der Waals surface area contributed by atoms with Crippen LogP contribution >= 0.6 is 0 Å². The second kappa shape index (κ2) is 7.44. The summed E-state index contributed by atoms with van der Waals surface area (Å²) in [6.07, 6.45) is 0.652. The Morgan fingerprint density at radius 1 is 1.45 bits per heavy atom. The van der Waals surface area contributed by atoms with Crippen LogP contribution < -0.4 is 10.6 Å². The van der Waals surface area contributed by atoms with E-state index in [2.05, 4.69) is 10.6 Å². The van der Waals surface area contributed by atoms with E-state index in [0.717, 1.165) is 0 Å². The summed E-state index contributed by atoms with van der Waals surface area (Å²) in [6.45, 7) is 3.83. The van der Waals surface area contributed by atoms with Gasteiger partial charge in [0.2, 0.25) is 0 Å². The molecule has 0 bridgehead atoms. The van der Waals surface area contributed by atoms with Gasteiger partial charge in [-0.2, -0.15) is 0 Å². The number of non-ortho nitro benzene ring substituents is 1. The molecule has 0 aliphatic heterocycles. The third-order valence-corrected chi connectivity index (χ3v) is 2.63. The fourth-order valence-corrected chi connectivity index (χ4v) is 1.80. The van der Waals surface area contributed by atoms with Crippen molar-refractivity contribution in [3.63, 3.8) is 0 Å². The topological polar surface area (TPSA) is 104 Å². The Morgan fingerprint density at radius 2 is 2.15 bits per heavy atom. The molecule has 1 unspecified atom stereocenters. The summed E-state index contributed by atoms with van der Waals surface area (Å²) < 4.78 is 0. The molecule has 0 fully saturated rings. The number of benzene rings is 1. The molecule has 1 aromatic carbocycles. The van der Waals surface area contributed by atoms with Crippen LogP contribution in [0.2, 0.25) is 0 Å². The first kappa shape index (κ1) is 15.9. The van der Waals surface area contributed by atoms with Gasteiger partial charge >= 0.3 is 6.03 Å². The second-order valence-electron chi connectivity index (χ2n) is 4.91. The van der Waals surface area contributed by atoms with E-state index in [1.54, 1.807) is 6.07 Å². The average molecular weight is 281 g/mol. The highest BCUT2D eigenvalue weighted by Crippen LogP contribution is 2.16. The van der Waals surface area contributed by atoms with Crippen molar-refractivity contribution in [3.05, 3.63) is 34.4 Å². The molecule has 20 heavy (non-hydrogen) atoms. The smallest absolute Gasteiger partial charge is 0.319 e. The minimum atomic E-state index is -0.529. The molecule has 0 spiro atoms. The highest BCUT2D eigenvalue weighted by molar-refractivity contribution is 5.89. The van der Waals surface area contributed by atoms with Crippen molar-refractivity contribution >= 4 is 17.4 Å². The predicted octanol–water partition coefficient (Wildman–Crippen LogP) is 2.12.